The van der Waals surface area contributed by atoms with E-state index >= 15 is 0 Å². The van der Waals surface area contributed by atoms with Crippen LogP contribution in [0.1, 0.15) is 52.4 Å². The molecule has 8 nitrogen and oxygen atoms in total. The zero-order chi connectivity index (χ0) is 18.0. The Morgan fingerprint density at radius 1 is 1.25 bits per heavy atom. The van der Waals surface area contributed by atoms with Gasteiger partial charge in [-0.25, -0.2) is 9.59 Å². The van der Waals surface area contributed by atoms with E-state index in [0.29, 0.717) is 12.8 Å². The number of hydrogen-bond acceptors (Lipinski definition) is 5. The van der Waals surface area contributed by atoms with Gasteiger partial charge < -0.3 is 15.4 Å². The molecule has 0 bridgehead atoms. The average Bonchev–Trinajstić information content (AvgIpc) is 2.75. The van der Waals surface area contributed by atoms with Crippen LogP contribution in [-0.4, -0.2) is 53.4 Å². The van der Waals surface area contributed by atoms with Gasteiger partial charge in [0, 0.05) is 13.0 Å². The second-order valence-electron chi connectivity index (χ2n) is 6.94. The average molecular weight is 339 g/mol. The monoisotopic (exact) mass is 339 g/mol. The summed E-state index contributed by atoms with van der Waals surface area (Å²) in [6.07, 6.45) is 4.12. The first-order valence-electron chi connectivity index (χ1n) is 8.25. The van der Waals surface area contributed by atoms with Gasteiger partial charge in [0.1, 0.15) is 11.1 Å². The standard InChI is InChI=1S/C16H25N3O5/c1-15(2,13(22)24-3)17-11(20)7-10-19-12(21)16(18-14(19)23)8-5-4-6-9-16/h4-10H2,1-3H3,(H,17,20)(H,18,23). The summed E-state index contributed by atoms with van der Waals surface area (Å²) in [4.78, 5) is 49.4. The Balaban J connectivity index is 1.92. The van der Waals surface area contributed by atoms with Gasteiger partial charge in [-0.1, -0.05) is 19.3 Å². The lowest BCUT2D eigenvalue weighted by Gasteiger charge is -2.30. The molecule has 0 atom stereocenters. The van der Waals surface area contributed by atoms with Crippen LogP contribution in [0.5, 0.6) is 0 Å². The smallest absolute Gasteiger partial charge is 0.330 e. The molecule has 2 rings (SSSR count). The molecule has 0 aromatic heterocycles. The molecule has 24 heavy (non-hydrogen) atoms. The summed E-state index contributed by atoms with van der Waals surface area (Å²) < 4.78 is 4.62. The van der Waals surface area contributed by atoms with E-state index < -0.39 is 29.0 Å². The molecular weight excluding hydrogens is 314 g/mol. The molecule has 134 valence electrons. The highest BCUT2D eigenvalue weighted by atomic mass is 16.5. The summed E-state index contributed by atoms with van der Waals surface area (Å²) in [5.74, 6) is -1.23. The molecule has 0 aromatic carbocycles. The molecule has 1 aliphatic carbocycles. The van der Waals surface area contributed by atoms with Crippen LogP contribution in [0.2, 0.25) is 0 Å². The van der Waals surface area contributed by atoms with Crippen molar-refractivity contribution in [3.8, 4) is 0 Å². The zero-order valence-corrected chi connectivity index (χ0v) is 14.4. The van der Waals surface area contributed by atoms with E-state index in [4.69, 9.17) is 0 Å². The van der Waals surface area contributed by atoms with Crippen LogP contribution < -0.4 is 10.6 Å². The molecule has 8 heteroatoms. The molecule has 2 fully saturated rings. The fourth-order valence-electron chi connectivity index (χ4n) is 3.30. The molecule has 2 aliphatic rings. The van der Waals surface area contributed by atoms with Gasteiger partial charge >= 0.3 is 12.0 Å². The van der Waals surface area contributed by atoms with Crippen LogP contribution in [0.3, 0.4) is 0 Å². The number of nitrogens with one attached hydrogen (secondary N) is 2. The van der Waals surface area contributed by atoms with Crippen molar-refractivity contribution in [1.29, 1.82) is 0 Å². The van der Waals surface area contributed by atoms with Gasteiger partial charge in [0.2, 0.25) is 5.91 Å². The van der Waals surface area contributed by atoms with Crippen molar-refractivity contribution in [2.24, 2.45) is 0 Å². The van der Waals surface area contributed by atoms with Crippen molar-refractivity contribution in [3.05, 3.63) is 0 Å². The van der Waals surface area contributed by atoms with Crippen LogP contribution >= 0.6 is 0 Å². The lowest BCUT2D eigenvalue weighted by atomic mass is 9.82. The largest absolute Gasteiger partial charge is 0.467 e. The molecule has 2 N–H and O–H groups in total. The molecule has 4 amide bonds. The van der Waals surface area contributed by atoms with Crippen molar-refractivity contribution in [1.82, 2.24) is 15.5 Å². The van der Waals surface area contributed by atoms with Gasteiger partial charge in [0.05, 0.1) is 7.11 Å². The van der Waals surface area contributed by atoms with Crippen LogP contribution in [0.4, 0.5) is 4.79 Å². The second kappa shape index (κ2) is 6.78. The van der Waals surface area contributed by atoms with Crippen molar-refractivity contribution < 1.29 is 23.9 Å². The van der Waals surface area contributed by atoms with E-state index in [-0.39, 0.29) is 18.9 Å². The maximum absolute atomic E-state index is 12.6. The number of carbonyl (C=O) groups is 4. The Morgan fingerprint density at radius 3 is 2.46 bits per heavy atom. The molecule has 0 radical (unpaired) electrons. The normalized spacial score (nSPS) is 20.0. The van der Waals surface area contributed by atoms with Crippen molar-refractivity contribution in [3.63, 3.8) is 0 Å². The molecule has 1 saturated carbocycles. The van der Waals surface area contributed by atoms with Gasteiger partial charge in [0.15, 0.2) is 0 Å². The topological polar surface area (TPSA) is 105 Å². The predicted molar refractivity (Wildman–Crippen MR) is 84.9 cm³/mol. The van der Waals surface area contributed by atoms with E-state index in [1.807, 2.05) is 0 Å². The maximum atomic E-state index is 12.6. The quantitative estimate of drug-likeness (QED) is 0.567. The minimum atomic E-state index is -1.16. The van der Waals surface area contributed by atoms with Crippen molar-refractivity contribution in [2.75, 3.05) is 13.7 Å². The third-order valence-corrected chi connectivity index (χ3v) is 4.66. The summed E-state index contributed by atoms with van der Waals surface area (Å²) in [5, 5.41) is 5.35. The van der Waals surface area contributed by atoms with E-state index in [1.54, 1.807) is 0 Å². The Kier molecular flexibility index (Phi) is 5.15. The molecule has 1 heterocycles. The summed E-state index contributed by atoms with van der Waals surface area (Å²) in [5.41, 5.74) is -1.94. The highest BCUT2D eigenvalue weighted by Crippen LogP contribution is 2.33. The SMILES string of the molecule is COC(=O)C(C)(C)NC(=O)CCN1C(=O)NC2(CCCCC2)C1=O. The minimum absolute atomic E-state index is 0.00446. The minimum Gasteiger partial charge on any atom is -0.467 e. The summed E-state index contributed by atoms with van der Waals surface area (Å²) in [7, 11) is 1.24. The fraction of sp³-hybridized carbons (Fsp3) is 0.750. The lowest BCUT2D eigenvalue weighted by molar-refractivity contribution is -0.149. The number of nitrogens with zero attached hydrogens (tertiary/aromatic N) is 1. The molecular formula is C16H25N3O5. The number of urea groups is 1. The Hall–Kier alpha value is -2.12. The molecule has 0 aromatic rings. The number of hydrogen-bond donors (Lipinski definition) is 2. The van der Waals surface area contributed by atoms with Crippen LogP contribution in [0.15, 0.2) is 0 Å². The number of carbonyl (C=O) groups excluding carboxylic acids is 4. The summed E-state index contributed by atoms with van der Waals surface area (Å²) in [6, 6.07) is -0.443. The molecule has 0 unspecified atom stereocenters. The predicted octanol–water partition coefficient (Wildman–Crippen LogP) is 0.699. The van der Waals surface area contributed by atoms with Gasteiger partial charge in [0.25, 0.3) is 5.91 Å². The first kappa shape index (κ1) is 18.2. The van der Waals surface area contributed by atoms with E-state index in [2.05, 4.69) is 15.4 Å². The number of esters is 1. The highest BCUT2D eigenvalue weighted by molar-refractivity contribution is 6.07. The van der Waals surface area contributed by atoms with E-state index in [0.717, 1.165) is 24.2 Å². The number of methoxy groups -OCH3 is 1. The molecule has 1 spiro atoms. The number of amides is 4. The van der Waals surface area contributed by atoms with Crippen molar-refractivity contribution in [2.45, 2.75) is 63.5 Å². The first-order valence-corrected chi connectivity index (χ1v) is 8.25. The van der Waals surface area contributed by atoms with Crippen LogP contribution in [0.25, 0.3) is 0 Å². The van der Waals surface area contributed by atoms with Crippen LogP contribution in [-0.2, 0) is 19.1 Å². The second-order valence-corrected chi connectivity index (χ2v) is 6.94. The Morgan fingerprint density at radius 2 is 1.88 bits per heavy atom. The third kappa shape index (κ3) is 3.52. The van der Waals surface area contributed by atoms with Crippen LogP contribution in [0, 0.1) is 0 Å². The molecule has 1 saturated heterocycles. The summed E-state index contributed by atoms with van der Waals surface area (Å²) in [6.45, 7) is 3.05. The van der Waals surface area contributed by atoms with E-state index in [1.165, 1.54) is 21.0 Å². The van der Waals surface area contributed by atoms with Gasteiger partial charge in [-0.05, 0) is 26.7 Å². The highest BCUT2D eigenvalue weighted by Gasteiger charge is 2.51. The number of imide groups is 1. The molecule has 1 aliphatic heterocycles. The van der Waals surface area contributed by atoms with Crippen molar-refractivity contribution >= 4 is 23.8 Å². The maximum Gasteiger partial charge on any atom is 0.330 e. The third-order valence-electron chi connectivity index (χ3n) is 4.66. The Labute approximate surface area is 141 Å². The fourth-order valence-corrected chi connectivity index (χ4v) is 3.30. The Bertz CT molecular complexity index is 552. The number of ether oxygens (including phenoxy) is 1. The van der Waals surface area contributed by atoms with E-state index in [9.17, 15) is 19.2 Å². The number of rotatable bonds is 5. The first-order chi connectivity index (χ1) is 11.2. The summed E-state index contributed by atoms with van der Waals surface area (Å²) >= 11 is 0. The zero-order valence-electron chi connectivity index (χ0n) is 14.4. The van der Waals surface area contributed by atoms with Gasteiger partial charge in [-0.15, -0.1) is 0 Å². The lowest BCUT2D eigenvalue weighted by Crippen LogP contribution is -2.51. The van der Waals surface area contributed by atoms with Gasteiger partial charge in [-0.3, -0.25) is 14.5 Å². The van der Waals surface area contributed by atoms with Gasteiger partial charge in [-0.2, -0.15) is 0 Å².